The Morgan fingerprint density at radius 3 is 2.76 bits per heavy atom. The van der Waals surface area contributed by atoms with Crippen LogP contribution in [0.1, 0.15) is 36.2 Å². The van der Waals surface area contributed by atoms with E-state index >= 15 is 0 Å². The number of ether oxygens (including phenoxy) is 1. The Morgan fingerprint density at radius 2 is 2.00 bits per heavy atom. The largest absolute Gasteiger partial charge is 0.379 e. The highest BCUT2D eigenvalue weighted by Crippen LogP contribution is 2.24. The molecule has 1 saturated heterocycles. The molecule has 2 fully saturated rings. The molecule has 0 aromatic carbocycles. The molecule has 9 nitrogen and oxygen atoms in total. The second kappa shape index (κ2) is 7.92. The average Bonchev–Trinajstić information content (AvgIpc) is 3.46. The lowest BCUT2D eigenvalue weighted by Gasteiger charge is -2.38. The highest BCUT2D eigenvalue weighted by molar-refractivity contribution is 6.03. The van der Waals surface area contributed by atoms with Crippen molar-refractivity contribution in [2.75, 3.05) is 26.3 Å². The number of aromatic amines is 1. The molecule has 3 aromatic rings. The van der Waals surface area contributed by atoms with Crippen LogP contribution in [-0.4, -0.2) is 73.7 Å². The van der Waals surface area contributed by atoms with E-state index in [4.69, 9.17) is 4.74 Å². The molecule has 0 unspecified atom stereocenters. The summed E-state index contributed by atoms with van der Waals surface area (Å²) in [6.45, 7) is 3.69. The summed E-state index contributed by atoms with van der Waals surface area (Å²) in [6, 6.07) is 2.63. The second-order valence-electron chi connectivity index (χ2n) is 7.71. The molecule has 1 aliphatic heterocycles. The van der Waals surface area contributed by atoms with Crippen LogP contribution in [0.5, 0.6) is 0 Å². The van der Waals surface area contributed by atoms with Crippen molar-refractivity contribution in [3.63, 3.8) is 0 Å². The van der Waals surface area contributed by atoms with Gasteiger partial charge in [-0.1, -0.05) is 0 Å². The number of nitrogens with one attached hydrogen (secondary N) is 2. The van der Waals surface area contributed by atoms with Crippen molar-refractivity contribution in [2.45, 2.75) is 37.8 Å². The van der Waals surface area contributed by atoms with Gasteiger partial charge in [0, 0.05) is 43.8 Å². The molecule has 0 bridgehead atoms. The van der Waals surface area contributed by atoms with Crippen molar-refractivity contribution in [3.05, 3.63) is 36.7 Å². The third-order valence-corrected chi connectivity index (χ3v) is 5.94. The molecule has 2 aliphatic rings. The number of aromatic nitrogens is 5. The number of imidazole rings is 1. The van der Waals surface area contributed by atoms with Gasteiger partial charge in [-0.2, -0.15) is 0 Å². The van der Waals surface area contributed by atoms with Crippen LogP contribution in [0, 0.1) is 0 Å². The normalized spacial score (nSPS) is 23.3. The Bertz CT molecular complexity index is 970. The molecule has 0 atom stereocenters. The quantitative estimate of drug-likeness (QED) is 0.695. The lowest BCUT2D eigenvalue weighted by Crippen LogP contribution is -2.47. The van der Waals surface area contributed by atoms with Gasteiger partial charge in [0.2, 0.25) is 5.95 Å². The maximum Gasteiger partial charge on any atom is 0.272 e. The SMILES string of the molecule is O=C(N[C@H]1CC[C@H](N2CCOCC2)CC1)c1nc(-n2ccnc2)nc2cc[nH]c12. The van der Waals surface area contributed by atoms with Crippen LogP contribution < -0.4 is 5.32 Å². The molecule has 3 aromatic heterocycles. The molecule has 1 aliphatic carbocycles. The first kappa shape index (κ1) is 18.3. The first-order chi connectivity index (χ1) is 14.3. The molecular formula is C20H25N7O2. The maximum absolute atomic E-state index is 13.1. The highest BCUT2D eigenvalue weighted by Gasteiger charge is 2.28. The molecule has 2 N–H and O–H groups in total. The molecular weight excluding hydrogens is 370 g/mol. The number of rotatable bonds is 4. The third-order valence-electron chi connectivity index (χ3n) is 5.94. The number of nitrogens with zero attached hydrogens (tertiary/aromatic N) is 5. The summed E-state index contributed by atoms with van der Waals surface area (Å²) >= 11 is 0. The summed E-state index contributed by atoms with van der Waals surface area (Å²) in [5.41, 5.74) is 1.75. The topological polar surface area (TPSA) is 101 Å². The van der Waals surface area contributed by atoms with E-state index in [0.29, 0.717) is 28.7 Å². The number of hydrogen-bond acceptors (Lipinski definition) is 6. The lowest BCUT2D eigenvalue weighted by atomic mass is 9.90. The number of hydrogen-bond donors (Lipinski definition) is 2. The Hall–Kier alpha value is -2.78. The summed E-state index contributed by atoms with van der Waals surface area (Å²) < 4.78 is 7.16. The van der Waals surface area contributed by atoms with E-state index in [1.165, 1.54) is 0 Å². The van der Waals surface area contributed by atoms with Crippen LogP contribution in [-0.2, 0) is 4.74 Å². The molecule has 152 valence electrons. The number of carbonyl (C=O) groups excluding carboxylic acids is 1. The fraction of sp³-hybridized carbons (Fsp3) is 0.500. The fourth-order valence-electron chi connectivity index (χ4n) is 4.37. The van der Waals surface area contributed by atoms with E-state index in [-0.39, 0.29) is 11.9 Å². The number of amides is 1. The molecule has 4 heterocycles. The molecule has 5 rings (SSSR count). The zero-order chi connectivity index (χ0) is 19.6. The average molecular weight is 395 g/mol. The van der Waals surface area contributed by atoms with Crippen molar-refractivity contribution in [1.29, 1.82) is 0 Å². The van der Waals surface area contributed by atoms with Crippen LogP contribution >= 0.6 is 0 Å². The van der Waals surface area contributed by atoms with Gasteiger partial charge < -0.3 is 15.0 Å². The van der Waals surface area contributed by atoms with Gasteiger partial charge in [0.25, 0.3) is 5.91 Å². The summed E-state index contributed by atoms with van der Waals surface area (Å²) in [4.78, 5) is 31.8. The monoisotopic (exact) mass is 395 g/mol. The third kappa shape index (κ3) is 3.75. The smallest absolute Gasteiger partial charge is 0.272 e. The number of fused-ring (bicyclic) bond motifs is 1. The van der Waals surface area contributed by atoms with Gasteiger partial charge in [0.15, 0.2) is 5.69 Å². The van der Waals surface area contributed by atoms with Gasteiger partial charge in [0.1, 0.15) is 6.33 Å². The van der Waals surface area contributed by atoms with Crippen molar-refractivity contribution in [3.8, 4) is 5.95 Å². The van der Waals surface area contributed by atoms with Crippen LogP contribution in [0.4, 0.5) is 0 Å². The minimum atomic E-state index is -0.156. The summed E-state index contributed by atoms with van der Waals surface area (Å²) in [7, 11) is 0. The van der Waals surface area contributed by atoms with E-state index in [9.17, 15) is 4.79 Å². The van der Waals surface area contributed by atoms with Crippen LogP contribution in [0.3, 0.4) is 0 Å². The van der Waals surface area contributed by atoms with Crippen molar-refractivity contribution < 1.29 is 9.53 Å². The van der Waals surface area contributed by atoms with Gasteiger partial charge in [-0.15, -0.1) is 0 Å². The predicted molar refractivity (Wildman–Crippen MR) is 107 cm³/mol. The molecule has 1 saturated carbocycles. The van der Waals surface area contributed by atoms with Crippen molar-refractivity contribution in [2.24, 2.45) is 0 Å². The Labute approximate surface area is 168 Å². The van der Waals surface area contributed by atoms with Gasteiger partial charge >= 0.3 is 0 Å². The zero-order valence-corrected chi connectivity index (χ0v) is 16.3. The molecule has 0 spiro atoms. The standard InChI is InChI=1S/C20H25N7O2/c28-19(23-14-1-3-15(4-2-14)26-9-11-29-12-10-26)18-17-16(5-6-22-17)24-20(25-18)27-8-7-21-13-27/h5-8,13-15,22H,1-4,9-12H2,(H,23,28)/t14-,15-. The molecule has 0 radical (unpaired) electrons. The summed E-state index contributed by atoms with van der Waals surface area (Å²) in [6.07, 6.45) is 11.0. The van der Waals surface area contributed by atoms with Crippen molar-refractivity contribution >= 4 is 16.9 Å². The van der Waals surface area contributed by atoms with Crippen molar-refractivity contribution in [1.82, 2.24) is 34.7 Å². The minimum absolute atomic E-state index is 0.156. The van der Waals surface area contributed by atoms with E-state index in [2.05, 4.69) is 30.2 Å². The van der Waals surface area contributed by atoms with Gasteiger partial charge in [-0.25, -0.2) is 15.0 Å². The Kier molecular flexibility index (Phi) is 4.99. The minimum Gasteiger partial charge on any atom is -0.379 e. The molecule has 9 heteroatoms. The van der Waals surface area contributed by atoms with Gasteiger partial charge in [0.05, 0.1) is 24.2 Å². The van der Waals surface area contributed by atoms with Crippen LogP contribution in [0.2, 0.25) is 0 Å². The van der Waals surface area contributed by atoms with E-state index < -0.39 is 0 Å². The van der Waals surface area contributed by atoms with E-state index in [0.717, 1.165) is 52.0 Å². The van der Waals surface area contributed by atoms with Crippen LogP contribution in [0.15, 0.2) is 31.0 Å². The Morgan fingerprint density at radius 1 is 1.17 bits per heavy atom. The molecule has 29 heavy (non-hydrogen) atoms. The maximum atomic E-state index is 13.1. The van der Waals surface area contributed by atoms with Crippen LogP contribution in [0.25, 0.3) is 17.0 Å². The lowest BCUT2D eigenvalue weighted by molar-refractivity contribution is 0.00664. The first-order valence-electron chi connectivity index (χ1n) is 10.2. The van der Waals surface area contributed by atoms with E-state index in [1.807, 2.05) is 6.07 Å². The van der Waals surface area contributed by atoms with E-state index in [1.54, 1.807) is 29.5 Å². The van der Waals surface area contributed by atoms with Gasteiger partial charge in [-0.3, -0.25) is 14.3 Å². The summed E-state index contributed by atoms with van der Waals surface area (Å²) in [5, 5.41) is 3.20. The highest BCUT2D eigenvalue weighted by atomic mass is 16.5. The summed E-state index contributed by atoms with van der Waals surface area (Å²) in [5.74, 6) is 0.284. The number of carbonyl (C=O) groups is 1. The number of H-pyrrole nitrogens is 1. The zero-order valence-electron chi connectivity index (χ0n) is 16.3. The van der Waals surface area contributed by atoms with Gasteiger partial charge in [-0.05, 0) is 31.7 Å². The molecule has 1 amide bonds. The number of morpholine rings is 1. The Balaban J connectivity index is 1.29. The second-order valence-corrected chi connectivity index (χ2v) is 7.71. The first-order valence-corrected chi connectivity index (χ1v) is 10.2. The fourth-order valence-corrected chi connectivity index (χ4v) is 4.37. The predicted octanol–water partition coefficient (Wildman–Crippen LogP) is 1.52.